The van der Waals surface area contributed by atoms with Crippen LogP contribution in [0.5, 0.6) is 5.75 Å². The number of aromatic nitrogens is 5. The monoisotopic (exact) mass is 521 g/mol. The highest BCUT2D eigenvalue weighted by Gasteiger charge is 2.36. The van der Waals surface area contributed by atoms with Crippen LogP contribution >= 0.6 is 11.8 Å². The number of fused-ring (bicyclic) bond motifs is 5. The molecule has 188 valence electrons. The van der Waals surface area contributed by atoms with Gasteiger partial charge in [0.05, 0.1) is 18.3 Å². The van der Waals surface area contributed by atoms with Crippen LogP contribution in [0.3, 0.4) is 0 Å². The summed E-state index contributed by atoms with van der Waals surface area (Å²) in [6.07, 6.45) is 5.21. The third-order valence-corrected chi connectivity index (χ3v) is 8.04. The lowest BCUT2D eigenvalue weighted by atomic mass is 9.94. The van der Waals surface area contributed by atoms with E-state index >= 15 is 0 Å². The Bertz CT molecular complexity index is 1950. The molecule has 3 aromatic heterocycles. The molecule has 0 saturated carbocycles. The van der Waals surface area contributed by atoms with Gasteiger partial charge in [0.1, 0.15) is 17.0 Å². The van der Waals surface area contributed by atoms with Gasteiger partial charge in [-0.1, -0.05) is 24.3 Å². The number of hydrogen-bond acceptors (Lipinski definition) is 6. The normalized spacial score (nSPS) is 15.1. The minimum absolute atomic E-state index is 0.0878. The van der Waals surface area contributed by atoms with E-state index in [0.29, 0.717) is 35.6 Å². The van der Waals surface area contributed by atoms with Gasteiger partial charge in [-0.15, -0.1) is 11.8 Å². The smallest absolute Gasteiger partial charge is 0.274 e. The molecule has 0 saturated heterocycles. The van der Waals surface area contributed by atoms with Gasteiger partial charge in [-0.25, -0.2) is 9.97 Å². The van der Waals surface area contributed by atoms with E-state index < -0.39 is 0 Å². The first kappa shape index (κ1) is 22.6. The quantitative estimate of drug-likeness (QED) is 0.249. The summed E-state index contributed by atoms with van der Waals surface area (Å²) >= 11 is 1.66. The Balaban J connectivity index is 1.35. The number of benzene rings is 3. The Kier molecular flexibility index (Phi) is 5.05. The molecule has 4 heterocycles. The van der Waals surface area contributed by atoms with E-state index in [2.05, 4.69) is 26.0 Å². The molecule has 3 aromatic carbocycles. The van der Waals surface area contributed by atoms with Gasteiger partial charge in [0.2, 0.25) is 0 Å². The number of nitrogens with zero attached hydrogens (tertiary/aromatic N) is 4. The summed E-state index contributed by atoms with van der Waals surface area (Å²) < 4.78 is 1.92. The second-order valence-corrected chi connectivity index (χ2v) is 10.3. The average Bonchev–Trinajstić information content (AvgIpc) is 3.67. The van der Waals surface area contributed by atoms with Crippen LogP contribution in [0.25, 0.3) is 32.8 Å². The summed E-state index contributed by atoms with van der Waals surface area (Å²) in [5, 5.41) is 21.6. The first-order valence-electron chi connectivity index (χ1n) is 12.2. The van der Waals surface area contributed by atoms with E-state index in [4.69, 9.17) is 5.41 Å². The molecule has 10 heteroatoms. The maximum absolute atomic E-state index is 13.9. The minimum Gasteiger partial charge on any atom is -0.507 e. The lowest BCUT2D eigenvalue weighted by Gasteiger charge is -2.18. The van der Waals surface area contributed by atoms with Crippen molar-refractivity contribution in [3.8, 4) is 5.75 Å². The largest absolute Gasteiger partial charge is 0.507 e. The Morgan fingerprint density at radius 2 is 2.00 bits per heavy atom. The number of H-pyrrole nitrogens is 2. The van der Waals surface area contributed by atoms with Crippen molar-refractivity contribution in [2.24, 2.45) is 0 Å². The first-order chi connectivity index (χ1) is 18.5. The molecule has 0 fully saturated rings. The molecular formula is C28H23N7O2S. The van der Waals surface area contributed by atoms with E-state index in [1.807, 2.05) is 53.3 Å². The summed E-state index contributed by atoms with van der Waals surface area (Å²) in [5.41, 5.74) is 4.44. The van der Waals surface area contributed by atoms with E-state index in [0.717, 1.165) is 32.1 Å². The Labute approximate surface area is 220 Å². The van der Waals surface area contributed by atoms with Crippen LogP contribution in [0.2, 0.25) is 0 Å². The van der Waals surface area contributed by atoms with Crippen LogP contribution in [0.1, 0.15) is 22.0 Å². The van der Waals surface area contributed by atoms with Crippen LogP contribution < -0.4 is 10.4 Å². The number of aromatic amines is 2. The summed E-state index contributed by atoms with van der Waals surface area (Å²) in [6, 6.07) is 17.4. The lowest BCUT2D eigenvalue weighted by molar-refractivity contribution is 0.0984. The van der Waals surface area contributed by atoms with Gasteiger partial charge >= 0.3 is 0 Å². The molecule has 9 nitrogen and oxygen atoms in total. The Hall–Kier alpha value is -4.57. The maximum atomic E-state index is 13.9. The fourth-order valence-electron chi connectivity index (χ4n) is 5.56. The van der Waals surface area contributed by atoms with Crippen molar-refractivity contribution in [3.63, 3.8) is 0 Å². The zero-order chi connectivity index (χ0) is 26.0. The standard InChI is InChI=1S/C28H23N7O2S/c1-38-17-6-7-20-15(8-17)9-21(33-20)28(37)35-12-16(11-34-14-32-26(29)25-27(34)31-13-30-25)24-19-5-3-2-4-18(19)23(36)10-22(24)35/h2-10,13-14,16,29,33,36H,11-12H2,1H3,(H,30,31)/t16-/m1/s1. The number of thioether (sulfide) groups is 1. The van der Waals surface area contributed by atoms with Gasteiger partial charge in [0, 0.05) is 46.3 Å². The zero-order valence-electron chi connectivity index (χ0n) is 20.4. The third-order valence-electron chi connectivity index (χ3n) is 7.32. The maximum Gasteiger partial charge on any atom is 0.274 e. The second kappa shape index (κ2) is 8.49. The van der Waals surface area contributed by atoms with Gasteiger partial charge in [-0.3, -0.25) is 10.2 Å². The van der Waals surface area contributed by atoms with E-state index in [1.165, 1.54) is 0 Å². The molecule has 1 aliphatic heterocycles. The molecule has 0 bridgehead atoms. The first-order valence-corrected chi connectivity index (χ1v) is 13.4. The average molecular weight is 522 g/mol. The lowest BCUT2D eigenvalue weighted by Crippen LogP contribution is -2.31. The topological polar surface area (TPSA) is 127 Å². The van der Waals surface area contributed by atoms with Crippen molar-refractivity contribution >= 4 is 56.2 Å². The number of phenols is 1. The number of aromatic hydroxyl groups is 1. The van der Waals surface area contributed by atoms with Crippen LogP contribution in [-0.2, 0) is 6.54 Å². The molecule has 1 aliphatic rings. The van der Waals surface area contributed by atoms with Gasteiger partial charge < -0.3 is 24.5 Å². The fourth-order valence-corrected chi connectivity index (χ4v) is 6.01. The molecule has 6 aromatic rings. The number of amides is 1. The molecular weight excluding hydrogens is 498 g/mol. The van der Waals surface area contributed by atoms with Crippen LogP contribution in [0, 0.1) is 5.41 Å². The predicted molar refractivity (Wildman–Crippen MR) is 148 cm³/mol. The molecule has 0 unspecified atom stereocenters. The highest BCUT2D eigenvalue weighted by Crippen LogP contribution is 2.46. The molecule has 38 heavy (non-hydrogen) atoms. The van der Waals surface area contributed by atoms with Gasteiger partial charge in [0.15, 0.2) is 11.1 Å². The molecule has 0 aliphatic carbocycles. The highest BCUT2D eigenvalue weighted by atomic mass is 32.2. The van der Waals surface area contributed by atoms with Gasteiger partial charge in [-0.05, 0) is 41.5 Å². The van der Waals surface area contributed by atoms with E-state index in [1.54, 1.807) is 35.4 Å². The van der Waals surface area contributed by atoms with Crippen molar-refractivity contribution in [3.05, 3.63) is 84.0 Å². The van der Waals surface area contributed by atoms with Gasteiger partial charge in [-0.2, -0.15) is 0 Å². The molecule has 4 N–H and O–H groups in total. The number of hydrogen-bond donors (Lipinski definition) is 4. The zero-order valence-corrected chi connectivity index (χ0v) is 21.2. The van der Waals surface area contributed by atoms with Crippen LogP contribution in [-0.4, -0.2) is 48.3 Å². The Morgan fingerprint density at radius 1 is 1.16 bits per heavy atom. The van der Waals surface area contributed by atoms with Crippen LogP contribution in [0.4, 0.5) is 5.69 Å². The summed E-state index contributed by atoms with van der Waals surface area (Å²) in [4.78, 5) is 31.7. The molecule has 1 amide bonds. The molecule has 0 radical (unpaired) electrons. The van der Waals surface area contributed by atoms with Crippen molar-refractivity contribution in [2.75, 3.05) is 17.7 Å². The predicted octanol–water partition coefficient (Wildman–Crippen LogP) is 4.75. The fraction of sp³-hybridized carbons (Fsp3) is 0.143. The summed E-state index contributed by atoms with van der Waals surface area (Å²) in [5.74, 6) is -0.100. The van der Waals surface area contributed by atoms with Crippen LogP contribution in [0.15, 0.2) is 72.1 Å². The SMILES string of the molecule is CSc1ccc2[nH]c(C(=O)N3C[C@@H](Cn4cnc(=N)c5[nH]cnc54)c4c3cc(O)c3ccccc43)cc2c1. The highest BCUT2D eigenvalue weighted by molar-refractivity contribution is 7.98. The van der Waals surface area contributed by atoms with E-state index in [-0.39, 0.29) is 23.1 Å². The number of carbonyl (C=O) groups is 1. The molecule has 7 rings (SSSR count). The van der Waals surface area contributed by atoms with E-state index in [9.17, 15) is 9.90 Å². The van der Waals surface area contributed by atoms with Crippen molar-refractivity contribution in [1.29, 1.82) is 5.41 Å². The van der Waals surface area contributed by atoms with Crippen molar-refractivity contribution in [2.45, 2.75) is 17.4 Å². The molecule has 0 spiro atoms. The second-order valence-electron chi connectivity index (χ2n) is 9.47. The minimum atomic E-state index is -0.153. The number of carbonyl (C=O) groups excluding carboxylic acids is 1. The summed E-state index contributed by atoms with van der Waals surface area (Å²) in [7, 11) is 0. The third kappa shape index (κ3) is 3.41. The number of rotatable bonds is 4. The number of nitrogens with one attached hydrogen (secondary N) is 3. The summed E-state index contributed by atoms with van der Waals surface area (Å²) in [6.45, 7) is 0.929. The van der Waals surface area contributed by atoms with Crippen molar-refractivity contribution in [1.82, 2.24) is 24.5 Å². The Morgan fingerprint density at radius 3 is 2.84 bits per heavy atom. The number of imidazole rings is 1. The number of phenolic OH excluding ortho intramolecular Hbond substituents is 1. The van der Waals surface area contributed by atoms with Crippen molar-refractivity contribution < 1.29 is 9.90 Å². The van der Waals surface area contributed by atoms with Gasteiger partial charge in [0.25, 0.3) is 5.91 Å². The molecule has 1 atom stereocenters. The number of anilines is 1.